The van der Waals surface area contributed by atoms with E-state index in [0.717, 1.165) is 46.4 Å². The number of benzene rings is 3. The molecule has 0 bridgehead atoms. The van der Waals surface area contributed by atoms with E-state index in [0.29, 0.717) is 29.9 Å². The van der Waals surface area contributed by atoms with Gasteiger partial charge in [-0.3, -0.25) is 9.59 Å². The molecule has 6 rings (SSSR count). The first kappa shape index (κ1) is 23.7. The van der Waals surface area contributed by atoms with E-state index in [-0.39, 0.29) is 5.92 Å². The van der Waals surface area contributed by atoms with E-state index in [2.05, 4.69) is 24.3 Å². The van der Waals surface area contributed by atoms with Gasteiger partial charge in [-0.2, -0.15) is 0 Å². The van der Waals surface area contributed by atoms with E-state index >= 15 is 0 Å². The van der Waals surface area contributed by atoms with Crippen LogP contribution in [0.1, 0.15) is 51.5 Å². The smallest absolute Gasteiger partial charge is 0.289 e. The number of aromatic nitrogens is 1. The van der Waals surface area contributed by atoms with Gasteiger partial charge >= 0.3 is 0 Å². The molecule has 0 saturated heterocycles. The summed E-state index contributed by atoms with van der Waals surface area (Å²) >= 11 is 0. The molecule has 0 radical (unpaired) electrons. The summed E-state index contributed by atoms with van der Waals surface area (Å²) in [7, 11) is 0. The zero-order valence-corrected chi connectivity index (χ0v) is 21.0. The quantitative estimate of drug-likeness (QED) is 0.190. The second-order valence-corrected chi connectivity index (χ2v) is 9.77. The van der Waals surface area contributed by atoms with Crippen molar-refractivity contribution in [3.05, 3.63) is 131 Å². The van der Waals surface area contributed by atoms with Crippen LogP contribution in [0.5, 0.6) is 5.75 Å². The minimum Gasteiger partial charge on any atom is -0.487 e. The lowest BCUT2D eigenvalue weighted by molar-refractivity contribution is -0.114. The predicted molar refractivity (Wildman–Crippen MR) is 148 cm³/mol. The Morgan fingerprint density at radius 2 is 1.53 bits per heavy atom. The first-order valence-corrected chi connectivity index (χ1v) is 12.9. The first-order chi connectivity index (χ1) is 18.6. The van der Waals surface area contributed by atoms with Crippen molar-refractivity contribution in [3.8, 4) is 16.9 Å². The molecule has 0 unspecified atom stereocenters. The number of hydrogen-bond acceptors (Lipinski definition) is 3. The third-order valence-electron chi connectivity index (χ3n) is 7.20. The van der Waals surface area contributed by atoms with Gasteiger partial charge in [0.05, 0.1) is 11.1 Å². The zero-order chi connectivity index (χ0) is 26.1. The number of carbonyl (C=O) groups excluding carboxylic acids is 2. The average molecular weight is 501 g/mol. The molecule has 3 aromatic carbocycles. The van der Waals surface area contributed by atoms with Gasteiger partial charge in [-0.1, -0.05) is 84.9 Å². The number of rotatable bonds is 9. The summed E-state index contributed by atoms with van der Waals surface area (Å²) in [5.74, 6) is -0.837. The normalized spacial score (nSPS) is 12.9. The van der Waals surface area contributed by atoms with Crippen molar-refractivity contribution < 1.29 is 14.3 Å². The fourth-order valence-corrected chi connectivity index (χ4v) is 5.31. The van der Waals surface area contributed by atoms with Gasteiger partial charge in [0, 0.05) is 18.3 Å². The molecule has 5 aromatic rings. The van der Waals surface area contributed by atoms with E-state index < -0.39 is 11.7 Å². The van der Waals surface area contributed by atoms with Crippen LogP contribution >= 0.6 is 0 Å². The number of nitrogens with two attached hydrogens (primary N) is 1. The Balaban J connectivity index is 1.52. The standard InChI is InChI=1S/C33H28N2O3/c34-33(37)32(36)30-29(24-17-18-24)27(20-25-14-7-8-15-26(25)23-12-5-2-6-13-23)35-19-9-16-28(31(30)35)38-21-22-10-3-1-4-11-22/h1-16,19,24H,17-18,20-21H2,(H2,34,37). The van der Waals surface area contributed by atoms with Crippen molar-refractivity contribution in [1.29, 1.82) is 0 Å². The summed E-state index contributed by atoms with van der Waals surface area (Å²) in [6, 6.07) is 32.3. The number of carbonyl (C=O) groups is 2. The van der Waals surface area contributed by atoms with Crippen molar-refractivity contribution in [2.75, 3.05) is 0 Å². The van der Waals surface area contributed by atoms with Crippen molar-refractivity contribution in [1.82, 2.24) is 4.40 Å². The highest BCUT2D eigenvalue weighted by Gasteiger charge is 2.37. The molecule has 5 nitrogen and oxygen atoms in total. The number of nitrogens with zero attached hydrogens (tertiary/aromatic N) is 1. The second-order valence-electron chi connectivity index (χ2n) is 9.77. The third-order valence-corrected chi connectivity index (χ3v) is 7.20. The van der Waals surface area contributed by atoms with E-state index in [1.165, 1.54) is 0 Å². The van der Waals surface area contributed by atoms with Crippen LogP contribution in [0.2, 0.25) is 0 Å². The molecule has 2 aromatic heterocycles. The summed E-state index contributed by atoms with van der Waals surface area (Å²) in [4.78, 5) is 25.6. The summed E-state index contributed by atoms with van der Waals surface area (Å²) in [5, 5.41) is 0. The number of pyridine rings is 1. The van der Waals surface area contributed by atoms with Crippen LogP contribution in [0.25, 0.3) is 16.6 Å². The van der Waals surface area contributed by atoms with Gasteiger partial charge in [0.1, 0.15) is 12.4 Å². The molecule has 1 saturated carbocycles. The minimum atomic E-state index is -0.950. The number of hydrogen-bond donors (Lipinski definition) is 1. The van der Waals surface area contributed by atoms with Crippen LogP contribution < -0.4 is 10.5 Å². The Kier molecular flexibility index (Phi) is 6.26. The molecule has 1 fully saturated rings. The Labute approximate surface area is 221 Å². The summed E-state index contributed by atoms with van der Waals surface area (Å²) in [6.45, 7) is 0.348. The van der Waals surface area contributed by atoms with Crippen LogP contribution in [0.4, 0.5) is 0 Å². The molecule has 1 aliphatic rings. The van der Waals surface area contributed by atoms with E-state index in [4.69, 9.17) is 10.5 Å². The number of Topliss-reactive ketones (excluding diaryl/α,β-unsaturated/α-hetero) is 1. The molecule has 2 heterocycles. The maximum Gasteiger partial charge on any atom is 0.289 e. The van der Waals surface area contributed by atoms with Crippen molar-refractivity contribution in [3.63, 3.8) is 0 Å². The molecular formula is C33H28N2O3. The van der Waals surface area contributed by atoms with Gasteiger partial charge in [0.15, 0.2) is 0 Å². The Morgan fingerprint density at radius 3 is 2.24 bits per heavy atom. The highest BCUT2D eigenvalue weighted by molar-refractivity contribution is 6.44. The lowest BCUT2D eigenvalue weighted by Gasteiger charge is -2.13. The van der Waals surface area contributed by atoms with Crippen LogP contribution in [-0.4, -0.2) is 16.1 Å². The third kappa shape index (κ3) is 4.48. The van der Waals surface area contributed by atoms with Gasteiger partial charge in [0.25, 0.3) is 11.7 Å². The largest absolute Gasteiger partial charge is 0.487 e. The fraction of sp³-hybridized carbons (Fsp3) is 0.152. The van der Waals surface area contributed by atoms with Crippen LogP contribution in [-0.2, 0) is 17.8 Å². The Bertz CT molecular complexity index is 1630. The van der Waals surface area contributed by atoms with Crippen LogP contribution in [0.15, 0.2) is 103 Å². The molecule has 1 aliphatic carbocycles. The monoisotopic (exact) mass is 500 g/mol. The molecule has 2 N–H and O–H groups in total. The minimum absolute atomic E-state index is 0.217. The lowest BCUT2D eigenvalue weighted by Crippen LogP contribution is -2.24. The van der Waals surface area contributed by atoms with Gasteiger partial charge < -0.3 is 14.9 Å². The second kappa shape index (κ2) is 10.0. The first-order valence-electron chi connectivity index (χ1n) is 12.9. The SMILES string of the molecule is NC(=O)C(=O)c1c(C2CC2)c(Cc2ccccc2-c2ccccc2)n2cccc(OCc3ccccc3)c12. The number of ether oxygens (including phenoxy) is 1. The number of ketones is 1. The van der Waals surface area contributed by atoms with Crippen molar-refractivity contribution in [2.45, 2.75) is 31.8 Å². The predicted octanol–water partition coefficient (Wildman–Crippen LogP) is 6.32. The number of amides is 1. The molecule has 0 aliphatic heterocycles. The van der Waals surface area contributed by atoms with Gasteiger partial charge in [-0.15, -0.1) is 0 Å². The summed E-state index contributed by atoms with van der Waals surface area (Å²) in [5.41, 5.74) is 13.0. The molecule has 0 atom stereocenters. The highest BCUT2D eigenvalue weighted by Crippen LogP contribution is 2.47. The molecule has 5 heteroatoms. The number of fused-ring (bicyclic) bond motifs is 1. The maximum absolute atomic E-state index is 13.3. The van der Waals surface area contributed by atoms with Gasteiger partial charge in [0.2, 0.25) is 0 Å². The molecule has 188 valence electrons. The Morgan fingerprint density at radius 1 is 0.842 bits per heavy atom. The van der Waals surface area contributed by atoms with Gasteiger partial charge in [-0.05, 0) is 58.7 Å². The highest BCUT2D eigenvalue weighted by atomic mass is 16.5. The van der Waals surface area contributed by atoms with Crippen LogP contribution in [0, 0.1) is 0 Å². The van der Waals surface area contributed by atoms with Gasteiger partial charge in [-0.25, -0.2) is 0 Å². The zero-order valence-electron chi connectivity index (χ0n) is 21.0. The molecular weight excluding hydrogens is 472 g/mol. The van der Waals surface area contributed by atoms with E-state index in [1.807, 2.05) is 83.4 Å². The Hall–Kier alpha value is -4.64. The van der Waals surface area contributed by atoms with Crippen molar-refractivity contribution in [2.24, 2.45) is 5.73 Å². The van der Waals surface area contributed by atoms with Crippen LogP contribution in [0.3, 0.4) is 0 Å². The van der Waals surface area contributed by atoms with Crippen molar-refractivity contribution >= 4 is 17.2 Å². The average Bonchev–Trinajstić information content (AvgIpc) is 3.75. The topological polar surface area (TPSA) is 73.8 Å². The van der Waals surface area contributed by atoms with E-state index in [1.54, 1.807) is 0 Å². The summed E-state index contributed by atoms with van der Waals surface area (Å²) < 4.78 is 8.30. The summed E-state index contributed by atoms with van der Waals surface area (Å²) in [6.07, 6.45) is 4.51. The van der Waals surface area contributed by atoms with E-state index in [9.17, 15) is 9.59 Å². The fourth-order valence-electron chi connectivity index (χ4n) is 5.31. The molecule has 38 heavy (non-hydrogen) atoms. The number of primary amides is 1. The molecule has 0 spiro atoms. The molecule has 1 amide bonds. The lowest BCUT2D eigenvalue weighted by atomic mass is 9.93. The maximum atomic E-state index is 13.3.